The first-order valence-electron chi connectivity index (χ1n) is 8.61. The lowest BCUT2D eigenvalue weighted by molar-refractivity contribution is 0.415. The van der Waals surface area contributed by atoms with Crippen LogP contribution < -0.4 is 20.1 Å². The summed E-state index contributed by atoms with van der Waals surface area (Å²) in [5.41, 5.74) is 1.65. The third-order valence-electron chi connectivity index (χ3n) is 3.73. The largest absolute Gasteiger partial charge is 0.497 e. The number of halogens is 1. The Labute approximate surface area is 181 Å². The van der Waals surface area contributed by atoms with Crippen LogP contribution in [-0.4, -0.2) is 38.6 Å². The molecule has 0 bridgehead atoms. The quantitative estimate of drug-likeness (QED) is 0.386. The summed E-state index contributed by atoms with van der Waals surface area (Å²) >= 11 is 4.43. The lowest BCUT2D eigenvalue weighted by Crippen LogP contribution is -2.28. The van der Waals surface area contributed by atoms with Crippen molar-refractivity contribution < 1.29 is 13.2 Å². The molecule has 3 rings (SSSR count). The molecule has 0 aliphatic carbocycles. The normalized spacial score (nSPS) is 11.3. The van der Waals surface area contributed by atoms with E-state index in [2.05, 4.69) is 41.3 Å². The van der Waals surface area contributed by atoms with Gasteiger partial charge in [0.25, 0.3) is 0 Å². The summed E-state index contributed by atoms with van der Waals surface area (Å²) in [7, 11) is -1.90. The number of methoxy groups -OCH3 is 1. The van der Waals surface area contributed by atoms with Crippen molar-refractivity contribution in [1.82, 2.24) is 14.7 Å². The molecule has 0 atom stereocenters. The number of rotatable bonds is 9. The lowest BCUT2D eigenvalue weighted by atomic mass is 10.3. The van der Waals surface area contributed by atoms with Gasteiger partial charge in [0.1, 0.15) is 15.8 Å². The van der Waals surface area contributed by atoms with Crippen LogP contribution >= 0.6 is 27.3 Å². The summed E-state index contributed by atoms with van der Waals surface area (Å²) in [6.07, 6.45) is 0. The van der Waals surface area contributed by atoms with Crippen LogP contribution in [0.2, 0.25) is 0 Å². The summed E-state index contributed by atoms with van der Waals surface area (Å²) in [6, 6.07) is 12.6. The summed E-state index contributed by atoms with van der Waals surface area (Å²) in [6.45, 7) is 2.41. The van der Waals surface area contributed by atoms with Gasteiger partial charge in [-0.3, -0.25) is 0 Å². The molecule has 0 spiro atoms. The second-order valence-electron chi connectivity index (χ2n) is 5.95. The standard InChI is InChI=1S/C18H20BrN5O3S2/c1-12-11-16(23-13-3-5-14(27-2)6-4-13)24-18(22-12)20-9-10-21-29(25,26)17-8-7-15(19)28-17/h3-8,11,21H,9-10H2,1-2H3,(H2,20,22,23,24). The van der Waals surface area contributed by atoms with Crippen LogP contribution in [0.3, 0.4) is 0 Å². The molecule has 3 aromatic rings. The molecule has 0 saturated heterocycles. The SMILES string of the molecule is COc1ccc(Nc2cc(C)nc(NCCNS(=O)(=O)c3ccc(Br)s3)n2)cc1. The number of nitrogens with zero attached hydrogens (tertiary/aromatic N) is 2. The van der Waals surface area contributed by atoms with Crippen LogP contribution in [-0.2, 0) is 10.0 Å². The van der Waals surface area contributed by atoms with E-state index >= 15 is 0 Å². The number of sulfonamides is 1. The van der Waals surface area contributed by atoms with Crippen LogP contribution in [0.25, 0.3) is 0 Å². The molecule has 0 fully saturated rings. The molecule has 0 unspecified atom stereocenters. The summed E-state index contributed by atoms with van der Waals surface area (Å²) in [4.78, 5) is 8.76. The Bertz CT molecular complexity index is 1070. The predicted octanol–water partition coefficient (Wildman–Crippen LogP) is 3.75. The highest BCUT2D eigenvalue weighted by molar-refractivity contribution is 9.11. The number of anilines is 3. The zero-order valence-corrected chi connectivity index (χ0v) is 19.0. The van der Waals surface area contributed by atoms with Gasteiger partial charge in [0, 0.05) is 30.5 Å². The maximum atomic E-state index is 12.2. The molecule has 154 valence electrons. The van der Waals surface area contributed by atoms with E-state index in [1.54, 1.807) is 19.2 Å². The minimum atomic E-state index is -3.52. The van der Waals surface area contributed by atoms with Crippen molar-refractivity contribution >= 4 is 54.7 Å². The maximum absolute atomic E-state index is 12.2. The zero-order chi connectivity index (χ0) is 20.9. The van der Waals surface area contributed by atoms with E-state index in [9.17, 15) is 8.42 Å². The number of hydrogen-bond donors (Lipinski definition) is 3. The Kier molecular flexibility index (Phi) is 7.06. The number of thiophene rings is 1. The van der Waals surface area contributed by atoms with Gasteiger partial charge in [0.2, 0.25) is 16.0 Å². The van der Waals surface area contributed by atoms with Crippen molar-refractivity contribution in [3.8, 4) is 5.75 Å². The van der Waals surface area contributed by atoms with Gasteiger partial charge < -0.3 is 15.4 Å². The van der Waals surface area contributed by atoms with Crippen LogP contribution in [0.1, 0.15) is 5.69 Å². The van der Waals surface area contributed by atoms with Crippen molar-refractivity contribution in [2.24, 2.45) is 0 Å². The van der Waals surface area contributed by atoms with Crippen LogP contribution in [0.5, 0.6) is 5.75 Å². The first kappa shape index (κ1) is 21.5. The van der Waals surface area contributed by atoms with Crippen LogP contribution in [0, 0.1) is 6.92 Å². The van der Waals surface area contributed by atoms with Crippen molar-refractivity contribution in [2.75, 3.05) is 30.8 Å². The predicted molar refractivity (Wildman–Crippen MR) is 119 cm³/mol. The number of aromatic nitrogens is 2. The fraction of sp³-hybridized carbons (Fsp3) is 0.222. The molecule has 0 aliphatic rings. The Hall–Kier alpha value is -2.21. The Balaban J connectivity index is 1.57. The van der Waals surface area contributed by atoms with Gasteiger partial charge >= 0.3 is 0 Å². The number of aryl methyl sites for hydroxylation is 1. The minimum Gasteiger partial charge on any atom is -0.497 e. The number of nitrogens with one attached hydrogen (secondary N) is 3. The summed E-state index contributed by atoms with van der Waals surface area (Å²) < 4.78 is 33.2. The van der Waals surface area contributed by atoms with E-state index in [1.807, 2.05) is 37.3 Å². The first-order chi connectivity index (χ1) is 13.9. The molecule has 11 heteroatoms. The van der Waals surface area contributed by atoms with E-state index in [0.717, 1.165) is 32.3 Å². The van der Waals surface area contributed by atoms with Crippen molar-refractivity contribution in [1.29, 1.82) is 0 Å². The van der Waals surface area contributed by atoms with Crippen molar-refractivity contribution in [3.05, 3.63) is 51.9 Å². The number of hydrogen-bond acceptors (Lipinski definition) is 8. The van der Waals surface area contributed by atoms with Gasteiger partial charge in [0.15, 0.2) is 0 Å². The average molecular weight is 498 g/mol. The molecular weight excluding hydrogens is 478 g/mol. The Morgan fingerprint density at radius 3 is 2.52 bits per heavy atom. The van der Waals surface area contributed by atoms with E-state index in [-0.39, 0.29) is 10.8 Å². The fourth-order valence-electron chi connectivity index (χ4n) is 2.41. The van der Waals surface area contributed by atoms with Gasteiger partial charge in [-0.25, -0.2) is 18.1 Å². The third-order valence-corrected chi connectivity index (χ3v) is 7.31. The third kappa shape index (κ3) is 6.13. The van der Waals surface area contributed by atoms with Gasteiger partial charge in [-0.1, -0.05) is 0 Å². The average Bonchev–Trinajstić information content (AvgIpc) is 3.13. The molecule has 0 saturated carbocycles. The molecular formula is C18H20BrN5O3S2. The highest BCUT2D eigenvalue weighted by Gasteiger charge is 2.15. The second kappa shape index (κ2) is 9.53. The monoisotopic (exact) mass is 497 g/mol. The molecule has 2 heterocycles. The van der Waals surface area contributed by atoms with E-state index in [1.165, 1.54) is 0 Å². The van der Waals surface area contributed by atoms with E-state index < -0.39 is 10.0 Å². The molecule has 3 N–H and O–H groups in total. The highest BCUT2D eigenvalue weighted by atomic mass is 79.9. The maximum Gasteiger partial charge on any atom is 0.250 e. The van der Waals surface area contributed by atoms with Crippen LogP contribution in [0.15, 0.2) is 50.5 Å². The molecule has 1 aromatic carbocycles. The smallest absolute Gasteiger partial charge is 0.250 e. The second-order valence-corrected chi connectivity index (χ2v) is 10.4. The number of benzene rings is 1. The summed E-state index contributed by atoms with van der Waals surface area (Å²) in [5, 5.41) is 6.26. The molecule has 0 amide bonds. The Morgan fingerprint density at radius 2 is 1.86 bits per heavy atom. The first-order valence-corrected chi connectivity index (χ1v) is 11.7. The van der Waals surface area contributed by atoms with Crippen LogP contribution in [0.4, 0.5) is 17.5 Å². The van der Waals surface area contributed by atoms with E-state index in [4.69, 9.17) is 4.74 Å². The van der Waals surface area contributed by atoms with Gasteiger partial charge in [-0.15, -0.1) is 11.3 Å². The van der Waals surface area contributed by atoms with E-state index in [0.29, 0.717) is 18.3 Å². The number of ether oxygens (including phenoxy) is 1. The van der Waals surface area contributed by atoms with Crippen molar-refractivity contribution in [2.45, 2.75) is 11.1 Å². The summed E-state index contributed by atoms with van der Waals surface area (Å²) in [5.74, 6) is 1.82. The van der Waals surface area contributed by atoms with Gasteiger partial charge in [-0.2, -0.15) is 4.98 Å². The minimum absolute atomic E-state index is 0.205. The lowest BCUT2D eigenvalue weighted by Gasteiger charge is -2.11. The molecule has 0 radical (unpaired) electrons. The van der Waals surface area contributed by atoms with Crippen molar-refractivity contribution in [3.63, 3.8) is 0 Å². The molecule has 8 nitrogen and oxygen atoms in total. The van der Waals surface area contributed by atoms with Gasteiger partial charge in [0.05, 0.1) is 10.9 Å². The molecule has 2 aromatic heterocycles. The Morgan fingerprint density at radius 1 is 1.10 bits per heavy atom. The fourth-order valence-corrected chi connectivity index (χ4v) is 5.49. The molecule has 0 aliphatic heterocycles. The zero-order valence-electron chi connectivity index (χ0n) is 15.8. The molecule has 29 heavy (non-hydrogen) atoms. The van der Waals surface area contributed by atoms with Gasteiger partial charge in [-0.05, 0) is 59.3 Å². The highest BCUT2D eigenvalue weighted by Crippen LogP contribution is 2.25. The topological polar surface area (TPSA) is 105 Å².